The zero-order valence-corrected chi connectivity index (χ0v) is 13.0. The Morgan fingerprint density at radius 3 is 2.32 bits per heavy atom. The van der Waals surface area contributed by atoms with E-state index < -0.39 is 16.6 Å². The van der Waals surface area contributed by atoms with Crippen LogP contribution in [-0.4, -0.2) is 10.8 Å². The van der Waals surface area contributed by atoms with Crippen molar-refractivity contribution in [2.24, 2.45) is 0 Å². The quantitative estimate of drug-likeness (QED) is 0.556. The van der Waals surface area contributed by atoms with Crippen LogP contribution in [0.2, 0.25) is 0 Å². The van der Waals surface area contributed by atoms with Crippen LogP contribution in [0.1, 0.15) is 10.4 Å². The van der Waals surface area contributed by atoms with Crippen LogP contribution in [0, 0.1) is 15.9 Å². The lowest BCUT2D eigenvalue weighted by atomic mass is 10.0. The monoisotopic (exact) mass is 336 g/mol. The topological polar surface area (TPSA) is 72.2 Å². The molecule has 0 aliphatic carbocycles. The van der Waals surface area contributed by atoms with Gasteiger partial charge in [-0.25, -0.2) is 4.39 Å². The maximum atomic E-state index is 13.7. The fraction of sp³-hybridized carbons (Fsp3) is 0. The first-order chi connectivity index (χ1) is 12.0. The van der Waals surface area contributed by atoms with Crippen molar-refractivity contribution >= 4 is 17.3 Å². The number of rotatable bonds is 4. The van der Waals surface area contributed by atoms with Gasteiger partial charge in [0.05, 0.1) is 10.5 Å². The first-order valence-corrected chi connectivity index (χ1v) is 7.45. The summed E-state index contributed by atoms with van der Waals surface area (Å²) < 4.78 is 13.7. The minimum atomic E-state index is -0.602. The van der Waals surface area contributed by atoms with E-state index in [1.54, 1.807) is 42.5 Å². The van der Waals surface area contributed by atoms with Crippen molar-refractivity contribution in [3.8, 4) is 11.1 Å². The van der Waals surface area contributed by atoms with E-state index in [1.165, 1.54) is 30.3 Å². The summed E-state index contributed by atoms with van der Waals surface area (Å²) in [4.78, 5) is 22.6. The average Bonchev–Trinajstić information content (AvgIpc) is 2.62. The van der Waals surface area contributed by atoms with Gasteiger partial charge in [-0.05, 0) is 35.4 Å². The molecule has 0 atom stereocenters. The Morgan fingerprint density at radius 1 is 0.920 bits per heavy atom. The summed E-state index contributed by atoms with van der Waals surface area (Å²) in [5.74, 6) is -1.16. The molecule has 0 unspecified atom stereocenters. The molecule has 3 aromatic rings. The highest BCUT2D eigenvalue weighted by Crippen LogP contribution is 2.26. The fourth-order valence-electron chi connectivity index (χ4n) is 2.42. The summed E-state index contributed by atoms with van der Waals surface area (Å²) in [6.07, 6.45) is 0. The molecule has 3 aromatic carbocycles. The largest absolute Gasteiger partial charge is 0.322 e. The van der Waals surface area contributed by atoms with Gasteiger partial charge >= 0.3 is 0 Å². The Kier molecular flexibility index (Phi) is 4.52. The highest BCUT2D eigenvalue weighted by Gasteiger charge is 2.12. The first-order valence-electron chi connectivity index (χ1n) is 7.45. The SMILES string of the molecule is O=C(Nc1cccc(-c2cccc([N+](=O)[O-])c2)c1)c1ccccc1F. The number of nitrogens with one attached hydrogen (secondary N) is 1. The number of nitro groups is 1. The zero-order valence-electron chi connectivity index (χ0n) is 13.0. The maximum Gasteiger partial charge on any atom is 0.270 e. The number of halogens is 1. The summed E-state index contributed by atoms with van der Waals surface area (Å²) >= 11 is 0. The molecular weight excluding hydrogens is 323 g/mol. The summed E-state index contributed by atoms with van der Waals surface area (Å²) in [6.45, 7) is 0. The number of nitro benzene ring substituents is 1. The lowest BCUT2D eigenvalue weighted by molar-refractivity contribution is -0.384. The minimum Gasteiger partial charge on any atom is -0.322 e. The highest BCUT2D eigenvalue weighted by atomic mass is 19.1. The van der Waals surface area contributed by atoms with E-state index in [2.05, 4.69) is 5.32 Å². The molecule has 0 saturated carbocycles. The number of benzene rings is 3. The summed E-state index contributed by atoms with van der Waals surface area (Å²) in [5.41, 5.74) is 1.75. The number of hydrogen-bond acceptors (Lipinski definition) is 3. The molecule has 0 saturated heterocycles. The molecule has 124 valence electrons. The predicted molar refractivity (Wildman–Crippen MR) is 92.9 cm³/mol. The van der Waals surface area contributed by atoms with Crippen molar-refractivity contribution in [2.45, 2.75) is 0 Å². The van der Waals surface area contributed by atoms with E-state index in [9.17, 15) is 19.3 Å². The van der Waals surface area contributed by atoms with Crippen molar-refractivity contribution in [1.29, 1.82) is 0 Å². The van der Waals surface area contributed by atoms with E-state index in [0.717, 1.165) is 0 Å². The second-order valence-electron chi connectivity index (χ2n) is 5.32. The lowest BCUT2D eigenvalue weighted by Crippen LogP contribution is -2.13. The van der Waals surface area contributed by atoms with Gasteiger partial charge in [-0.2, -0.15) is 0 Å². The standard InChI is InChI=1S/C19H13FN2O3/c20-18-10-2-1-9-17(18)19(23)21-15-7-3-5-13(11-15)14-6-4-8-16(12-14)22(24)25/h1-12H,(H,21,23). The van der Waals surface area contributed by atoms with Gasteiger partial charge in [0, 0.05) is 17.8 Å². The van der Waals surface area contributed by atoms with Gasteiger partial charge < -0.3 is 5.32 Å². The van der Waals surface area contributed by atoms with Crippen LogP contribution in [0.4, 0.5) is 15.8 Å². The lowest BCUT2D eigenvalue weighted by Gasteiger charge is -2.08. The predicted octanol–water partition coefficient (Wildman–Crippen LogP) is 4.65. The van der Waals surface area contributed by atoms with Gasteiger partial charge in [-0.1, -0.05) is 36.4 Å². The van der Waals surface area contributed by atoms with Crippen LogP contribution in [0.3, 0.4) is 0 Å². The fourth-order valence-corrected chi connectivity index (χ4v) is 2.42. The van der Waals surface area contributed by atoms with Crippen molar-refractivity contribution < 1.29 is 14.1 Å². The molecule has 1 N–H and O–H groups in total. The number of non-ortho nitro benzene ring substituents is 1. The van der Waals surface area contributed by atoms with Crippen LogP contribution in [0.25, 0.3) is 11.1 Å². The van der Waals surface area contributed by atoms with Gasteiger partial charge in [0.15, 0.2) is 0 Å². The Morgan fingerprint density at radius 2 is 1.60 bits per heavy atom. The molecule has 0 radical (unpaired) electrons. The van der Waals surface area contributed by atoms with E-state index in [1.807, 2.05) is 0 Å². The van der Waals surface area contributed by atoms with Gasteiger partial charge in [-0.3, -0.25) is 14.9 Å². The molecule has 1 amide bonds. The van der Waals surface area contributed by atoms with Gasteiger partial charge in [0.1, 0.15) is 5.82 Å². The Balaban J connectivity index is 1.87. The zero-order chi connectivity index (χ0) is 17.8. The summed E-state index contributed by atoms with van der Waals surface area (Å²) in [7, 11) is 0. The van der Waals surface area contributed by atoms with Gasteiger partial charge in [-0.15, -0.1) is 0 Å². The Hall–Kier alpha value is -3.54. The Bertz CT molecular complexity index is 957. The molecule has 0 aliphatic rings. The maximum absolute atomic E-state index is 13.7. The third-order valence-electron chi connectivity index (χ3n) is 3.63. The number of carbonyl (C=O) groups excluding carboxylic acids is 1. The van der Waals surface area contributed by atoms with E-state index in [4.69, 9.17) is 0 Å². The number of carbonyl (C=O) groups is 1. The Labute approximate surface area is 142 Å². The third kappa shape index (κ3) is 3.69. The van der Waals surface area contributed by atoms with Crippen LogP contribution in [0.15, 0.2) is 72.8 Å². The molecule has 0 aliphatic heterocycles. The highest BCUT2D eigenvalue weighted by molar-refractivity contribution is 6.04. The minimum absolute atomic E-state index is 0.0155. The van der Waals surface area contributed by atoms with Crippen molar-refractivity contribution in [3.63, 3.8) is 0 Å². The van der Waals surface area contributed by atoms with Crippen LogP contribution in [-0.2, 0) is 0 Å². The average molecular weight is 336 g/mol. The molecule has 3 rings (SSSR count). The molecule has 0 bridgehead atoms. The summed E-state index contributed by atoms with van der Waals surface area (Å²) in [5, 5.41) is 13.5. The molecule has 0 fully saturated rings. The molecule has 0 aromatic heterocycles. The number of anilines is 1. The van der Waals surface area contributed by atoms with Crippen LogP contribution < -0.4 is 5.32 Å². The van der Waals surface area contributed by atoms with Crippen molar-refractivity contribution in [3.05, 3.63) is 94.3 Å². The van der Waals surface area contributed by atoms with Gasteiger partial charge in [0.25, 0.3) is 11.6 Å². The number of hydrogen-bond donors (Lipinski definition) is 1. The van der Waals surface area contributed by atoms with Crippen molar-refractivity contribution in [1.82, 2.24) is 0 Å². The van der Waals surface area contributed by atoms with E-state index in [0.29, 0.717) is 16.8 Å². The molecule has 6 heteroatoms. The van der Waals surface area contributed by atoms with E-state index in [-0.39, 0.29) is 11.3 Å². The normalized spacial score (nSPS) is 10.3. The molecule has 25 heavy (non-hydrogen) atoms. The van der Waals surface area contributed by atoms with Crippen LogP contribution >= 0.6 is 0 Å². The van der Waals surface area contributed by atoms with Crippen molar-refractivity contribution in [2.75, 3.05) is 5.32 Å². The smallest absolute Gasteiger partial charge is 0.270 e. The second-order valence-corrected chi connectivity index (χ2v) is 5.32. The molecule has 0 heterocycles. The third-order valence-corrected chi connectivity index (χ3v) is 3.63. The van der Waals surface area contributed by atoms with Gasteiger partial charge in [0.2, 0.25) is 0 Å². The number of amides is 1. The summed E-state index contributed by atoms with van der Waals surface area (Å²) in [6, 6.07) is 18.7. The second kappa shape index (κ2) is 6.92. The first kappa shape index (κ1) is 16.3. The molecule has 0 spiro atoms. The number of nitrogens with zero attached hydrogens (tertiary/aromatic N) is 1. The van der Waals surface area contributed by atoms with Crippen LogP contribution in [0.5, 0.6) is 0 Å². The molecule has 5 nitrogen and oxygen atoms in total. The van der Waals surface area contributed by atoms with E-state index >= 15 is 0 Å². The molecular formula is C19H13FN2O3.